The minimum absolute atomic E-state index is 0.0524. The number of hydrogen-bond donors (Lipinski definition) is 5. The van der Waals surface area contributed by atoms with Gasteiger partial charge in [-0.05, 0) is 69.7 Å². The van der Waals surface area contributed by atoms with Crippen LogP contribution in [0.25, 0.3) is 0 Å². The number of aliphatic hydroxyl groups is 1. The third-order valence-corrected chi connectivity index (χ3v) is 11.4. The van der Waals surface area contributed by atoms with E-state index in [2.05, 4.69) is 31.1 Å². The molecule has 2 amide bonds. The summed E-state index contributed by atoms with van der Waals surface area (Å²) in [5.41, 5.74) is 0. The summed E-state index contributed by atoms with van der Waals surface area (Å²) in [6, 6.07) is 0.529. The summed E-state index contributed by atoms with van der Waals surface area (Å²) in [4.78, 5) is 32.4. The maximum Gasteiger partial charge on any atom is 0.223 e. The van der Waals surface area contributed by atoms with Gasteiger partial charge in [-0.15, -0.1) is 0 Å². The van der Waals surface area contributed by atoms with Crippen LogP contribution >= 0.6 is 0 Å². The third-order valence-electron chi connectivity index (χ3n) is 11.4. The van der Waals surface area contributed by atoms with Crippen molar-refractivity contribution in [2.75, 3.05) is 72.2 Å². The lowest BCUT2D eigenvalue weighted by molar-refractivity contribution is -0.133. The zero-order valence-electron chi connectivity index (χ0n) is 27.5. The van der Waals surface area contributed by atoms with Gasteiger partial charge in [-0.3, -0.25) is 30.4 Å². The Bertz CT molecular complexity index is 958. The van der Waals surface area contributed by atoms with E-state index in [0.717, 1.165) is 77.9 Å². The lowest BCUT2D eigenvalue weighted by Crippen LogP contribution is -2.64. The number of amides is 2. The molecule has 12 heteroatoms. The number of rotatable bonds is 12. The molecule has 4 aliphatic heterocycles. The fourth-order valence-corrected chi connectivity index (χ4v) is 8.47. The summed E-state index contributed by atoms with van der Waals surface area (Å²) >= 11 is 0. The van der Waals surface area contributed by atoms with Crippen LogP contribution in [0.3, 0.4) is 0 Å². The highest BCUT2D eigenvalue weighted by Crippen LogP contribution is 2.37. The topological polar surface area (TPSA) is 131 Å². The van der Waals surface area contributed by atoms with Crippen molar-refractivity contribution >= 4 is 11.8 Å². The van der Waals surface area contributed by atoms with Crippen LogP contribution < -0.4 is 21.3 Å². The monoisotopic (exact) mass is 633 g/mol. The van der Waals surface area contributed by atoms with Crippen molar-refractivity contribution in [2.24, 2.45) is 17.8 Å². The number of β-amino-alcohol motifs (C(OH)–C–C–N with tert-alkyl or cyclic N) is 1. The van der Waals surface area contributed by atoms with Gasteiger partial charge < -0.3 is 29.7 Å². The van der Waals surface area contributed by atoms with Crippen LogP contribution in [-0.2, 0) is 19.1 Å². The number of piperazine rings is 1. The van der Waals surface area contributed by atoms with E-state index in [-0.39, 0.29) is 36.2 Å². The molecule has 0 aromatic carbocycles. The molecule has 2 aliphatic carbocycles. The molecular weight excluding hydrogens is 574 g/mol. The molecule has 12 nitrogen and oxygen atoms in total. The molecule has 8 atom stereocenters. The van der Waals surface area contributed by atoms with E-state index in [9.17, 15) is 14.7 Å². The van der Waals surface area contributed by atoms with E-state index >= 15 is 0 Å². The molecule has 0 aromatic heterocycles. The second kappa shape index (κ2) is 16.1. The van der Waals surface area contributed by atoms with E-state index in [1.807, 2.05) is 11.8 Å². The van der Waals surface area contributed by atoms with Gasteiger partial charge in [0, 0.05) is 70.7 Å². The SMILES string of the molecule is CCC(=O)N1CCN(C2CC(C(=O)NC[C@H](O)CN3CCC4CC(OCC5CNCO5)CCC4C3)CC(NC3CCC3)N2)CC1. The highest BCUT2D eigenvalue weighted by atomic mass is 16.5. The van der Waals surface area contributed by atoms with E-state index in [0.29, 0.717) is 56.8 Å². The van der Waals surface area contributed by atoms with E-state index in [1.165, 1.54) is 25.7 Å². The predicted molar refractivity (Wildman–Crippen MR) is 171 cm³/mol. The minimum Gasteiger partial charge on any atom is -0.390 e. The molecule has 0 spiro atoms. The van der Waals surface area contributed by atoms with E-state index < -0.39 is 6.10 Å². The molecule has 6 rings (SSSR count). The van der Waals surface area contributed by atoms with Crippen LogP contribution in [-0.4, -0.2) is 141 Å². The number of fused-ring (bicyclic) bond motifs is 1. The predicted octanol–water partition coefficient (Wildman–Crippen LogP) is 0.265. The van der Waals surface area contributed by atoms with Crippen molar-refractivity contribution in [3.8, 4) is 0 Å². The number of carbonyl (C=O) groups excluding carboxylic acids is 2. The number of nitrogens with one attached hydrogen (secondary N) is 4. The Labute approximate surface area is 269 Å². The average Bonchev–Trinajstić information content (AvgIpc) is 3.58. The highest BCUT2D eigenvalue weighted by Gasteiger charge is 2.39. The number of piperidine rings is 2. The number of carbonyl (C=O) groups is 2. The molecule has 0 aromatic rings. The molecule has 45 heavy (non-hydrogen) atoms. The first-order chi connectivity index (χ1) is 21.9. The van der Waals surface area contributed by atoms with Gasteiger partial charge in [-0.2, -0.15) is 0 Å². The summed E-state index contributed by atoms with van der Waals surface area (Å²) in [5, 5.41) is 24.8. The Morgan fingerprint density at radius 2 is 1.87 bits per heavy atom. The van der Waals surface area contributed by atoms with Gasteiger partial charge >= 0.3 is 0 Å². The summed E-state index contributed by atoms with van der Waals surface area (Å²) in [6.45, 7) is 10.2. The molecule has 256 valence electrons. The van der Waals surface area contributed by atoms with Gasteiger partial charge in [0.05, 0.1) is 44.0 Å². The maximum atomic E-state index is 13.5. The Kier molecular flexibility index (Phi) is 12.0. The average molecular weight is 634 g/mol. The normalized spacial score (nSPS) is 35.9. The van der Waals surface area contributed by atoms with E-state index in [4.69, 9.17) is 9.47 Å². The maximum absolute atomic E-state index is 13.5. The highest BCUT2D eigenvalue weighted by molar-refractivity contribution is 5.79. The zero-order chi connectivity index (χ0) is 31.2. The summed E-state index contributed by atoms with van der Waals surface area (Å²) < 4.78 is 11.8. The Morgan fingerprint density at radius 1 is 1.02 bits per heavy atom. The molecule has 6 aliphatic rings. The van der Waals surface area contributed by atoms with Crippen molar-refractivity contribution in [1.29, 1.82) is 0 Å². The van der Waals surface area contributed by atoms with Gasteiger partial charge in [0.15, 0.2) is 0 Å². The smallest absolute Gasteiger partial charge is 0.223 e. The van der Waals surface area contributed by atoms with Gasteiger partial charge in [0.2, 0.25) is 11.8 Å². The lowest BCUT2D eigenvalue weighted by atomic mass is 9.74. The van der Waals surface area contributed by atoms with Crippen molar-refractivity contribution in [3.63, 3.8) is 0 Å². The minimum atomic E-state index is -0.573. The number of hydrogen-bond acceptors (Lipinski definition) is 10. The largest absolute Gasteiger partial charge is 0.390 e. The second-order valence-corrected chi connectivity index (χ2v) is 14.6. The van der Waals surface area contributed by atoms with Crippen molar-refractivity contribution in [2.45, 2.75) is 108 Å². The quantitative estimate of drug-likeness (QED) is 0.204. The van der Waals surface area contributed by atoms with Crippen molar-refractivity contribution in [1.82, 2.24) is 36.0 Å². The van der Waals surface area contributed by atoms with Crippen LogP contribution in [0.5, 0.6) is 0 Å². The second-order valence-electron chi connectivity index (χ2n) is 14.6. The molecule has 7 unspecified atom stereocenters. The molecule has 4 saturated heterocycles. The van der Waals surface area contributed by atoms with E-state index in [1.54, 1.807) is 0 Å². The molecule has 4 heterocycles. The number of ether oxygens (including phenoxy) is 2. The fourth-order valence-electron chi connectivity index (χ4n) is 8.47. The van der Waals surface area contributed by atoms with Crippen LogP contribution in [0.2, 0.25) is 0 Å². The van der Waals surface area contributed by atoms with Crippen LogP contribution in [0.15, 0.2) is 0 Å². The standard InChI is InChI=1S/C33H59N7O5/c1-2-32(42)40-12-10-39(11-13-40)31-16-25(15-30(37-31)36-26-4-3-5-26)33(43)35-17-27(41)20-38-9-8-23-14-28(7-6-24(23)19-38)44-21-29-18-34-22-45-29/h23-31,34,36-37,41H,2-22H2,1H3,(H,35,43)/t23?,24?,25?,27-,28?,29?,30?,31?/m0/s1. The summed E-state index contributed by atoms with van der Waals surface area (Å²) in [6.07, 6.45) is 10.4. The Hall–Kier alpha value is -1.38. The van der Waals surface area contributed by atoms with Crippen LogP contribution in [0.4, 0.5) is 0 Å². The number of nitrogens with zero attached hydrogens (tertiary/aromatic N) is 3. The van der Waals surface area contributed by atoms with Crippen LogP contribution in [0, 0.1) is 17.8 Å². The summed E-state index contributed by atoms with van der Waals surface area (Å²) in [7, 11) is 0. The summed E-state index contributed by atoms with van der Waals surface area (Å²) in [5.74, 6) is 1.52. The fraction of sp³-hybridized carbons (Fsp3) is 0.939. The number of likely N-dealkylation sites (tertiary alicyclic amines) is 1. The Balaban J connectivity index is 0.927. The molecule has 5 N–H and O–H groups in total. The molecule has 6 fully saturated rings. The first-order valence-electron chi connectivity index (χ1n) is 18.1. The Morgan fingerprint density at radius 3 is 2.60 bits per heavy atom. The van der Waals surface area contributed by atoms with Gasteiger partial charge in [-0.1, -0.05) is 13.3 Å². The molecular formula is C33H59N7O5. The zero-order valence-corrected chi connectivity index (χ0v) is 27.5. The van der Waals surface area contributed by atoms with Gasteiger partial charge in [0.25, 0.3) is 0 Å². The molecule has 0 radical (unpaired) electrons. The van der Waals surface area contributed by atoms with Crippen molar-refractivity contribution in [3.05, 3.63) is 0 Å². The third kappa shape index (κ3) is 9.16. The van der Waals surface area contributed by atoms with Crippen LogP contribution in [0.1, 0.15) is 71.1 Å². The van der Waals surface area contributed by atoms with Crippen molar-refractivity contribution < 1.29 is 24.2 Å². The number of aliphatic hydroxyl groups excluding tert-OH is 1. The molecule has 0 bridgehead atoms. The first-order valence-corrected chi connectivity index (χ1v) is 18.1. The first kappa shape index (κ1) is 33.5. The van der Waals surface area contributed by atoms with Gasteiger partial charge in [-0.25, -0.2) is 0 Å². The van der Waals surface area contributed by atoms with Gasteiger partial charge in [0.1, 0.15) is 0 Å². The molecule has 2 saturated carbocycles. The lowest BCUT2D eigenvalue weighted by Gasteiger charge is -2.46.